The Kier molecular flexibility index (Phi) is 5.68. The van der Waals surface area contributed by atoms with Gasteiger partial charge < -0.3 is 20.1 Å². The molecule has 0 unspecified atom stereocenters. The van der Waals surface area contributed by atoms with Crippen LogP contribution in [0.3, 0.4) is 0 Å². The lowest BCUT2D eigenvalue weighted by molar-refractivity contribution is -0.115. The SMILES string of the molecule is CC(=O)Nc1ccc(NC(=O)[C@@H](C)Sc2ccc3c(c2)OCCO3)cc1. The topological polar surface area (TPSA) is 76.7 Å². The molecule has 0 bridgehead atoms. The fourth-order valence-corrected chi connectivity index (χ4v) is 3.33. The summed E-state index contributed by atoms with van der Waals surface area (Å²) in [6, 6.07) is 12.7. The minimum absolute atomic E-state index is 0.0998. The number of carbonyl (C=O) groups is 2. The van der Waals surface area contributed by atoms with E-state index in [0.717, 1.165) is 10.6 Å². The molecule has 0 saturated heterocycles. The van der Waals surface area contributed by atoms with Crippen molar-refractivity contribution in [2.24, 2.45) is 0 Å². The van der Waals surface area contributed by atoms with Gasteiger partial charge in [0.05, 0.1) is 5.25 Å². The summed E-state index contributed by atoms with van der Waals surface area (Å²) >= 11 is 1.45. The molecule has 0 aliphatic carbocycles. The Morgan fingerprint density at radius 2 is 1.58 bits per heavy atom. The van der Waals surface area contributed by atoms with Crippen molar-refractivity contribution in [2.45, 2.75) is 24.0 Å². The van der Waals surface area contributed by atoms with Crippen molar-refractivity contribution >= 4 is 35.0 Å². The molecule has 0 spiro atoms. The minimum Gasteiger partial charge on any atom is -0.486 e. The normalized spacial score (nSPS) is 13.6. The second kappa shape index (κ2) is 8.14. The van der Waals surface area contributed by atoms with Crippen molar-refractivity contribution in [3.8, 4) is 11.5 Å². The van der Waals surface area contributed by atoms with Gasteiger partial charge in [-0.3, -0.25) is 9.59 Å². The van der Waals surface area contributed by atoms with Crippen molar-refractivity contribution in [1.82, 2.24) is 0 Å². The van der Waals surface area contributed by atoms with Crippen LogP contribution in [0, 0.1) is 0 Å². The number of amides is 2. The van der Waals surface area contributed by atoms with Crippen LogP contribution in [0.15, 0.2) is 47.4 Å². The number of hydrogen-bond donors (Lipinski definition) is 2. The first-order chi connectivity index (χ1) is 12.5. The number of thioether (sulfide) groups is 1. The van der Waals surface area contributed by atoms with Crippen molar-refractivity contribution in [3.63, 3.8) is 0 Å². The molecule has 6 nitrogen and oxygen atoms in total. The maximum Gasteiger partial charge on any atom is 0.237 e. The smallest absolute Gasteiger partial charge is 0.237 e. The monoisotopic (exact) mass is 372 g/mol. The van der Waals surface area contributed by atoms with E-state index in [2.05, 4.69) is 10.6 Å². The van der Waals surface area contributed by atoms with Crippen LogP contribution in [0.25, 0.3) is 0 Å². The van der Waals surface area contributed by atoms with E-state index >= 15 is 0 Å². The molecule has 26 heavy (non-hydrogen) atoms. The van der Waals surface area contributed by atoms with E-state index in [4.69, 9.17) is 9.47 Å². The van der Waals surface area contributed by atoms with Gasteiger partial charge in [-0.2, -0.15) is 0 Å². The molecule has 7 heteroatoms. The largest absolute Gasteiger partial charge is 0.486 e. The highest BCUT2D eigenvalue weighted by Gasteiger charge is 2.17. The molecule has 3 rings (SSSR count). The first-order valence-electron chi connectivity index (χ1n) is 8.26. The van der Waals surface area contributed by atoms with Gasteiger partial charge in [0.25, 0.3) is 0 Å². The number of nitrogens with one attached hydrogen (secondary N) is 2. The van der Waals surface area contributed by atoms with Gasteiger partial charge in [-0.1, -0.05) is 0 Å². The predicted octanol–water partition coefficient (Wildman–Crippen LogP) is 3.54. The van der Waals surface area contributed by atoms with Crippen LogP contribution in [-0.4, -0.2) is 30.3 Å². The molecule has 0 aromatic heterocycles. The number of rotatable bonds is 5. The molecule has 0 radical (unpaired) electrons. The van der Waals surface area contributed by atoms with Gasteiger partial charge in [-0.05, 0) is 49.4 Å². The zero-order valence-corrected chi connectivity index (χ0v) is 15.4. The van der Waals surface area contributed by atoms with Crippen LogP contribution >= 0.6 is 11.8 Å². The summed E-state index contributed by atoms with van der Waals surface area (Å²) in [5.74, 6) is 1.21. The number of anilines is 2. The molecule has 1 aliphatic rings. The van der Waals surface area contributed by atoms with E-state index in [1.165, 1.54) is 18.7 Å². The molecule has 0 saturated carbocycles. The number of hydrogen-bond acceptors (Lipinski definition) is 5. The van der Waals surface area contributed by atoms with Crippen LogP contribution in [0.2, 0.25) is 0 Å². The van der Waals surface area contributed by atoms with Crippen LogP contribution in [0.1, 0.15) is 13.8 Å². The van der Waals surface area contributed by atoms with Gasteiger partial charge in [0.15, 0.2) is 11.5 Å². The summed E-state index contributed by atoms with van der Waals surface area (Å²) < 4.78 is 11.1. The number of carbonyl (C=O) groups excluding carboxylic acids is 2. The molecule has 2 aromatic rings. The third-order valence-corrected chi connectivity index (χ3v) is 4.76. The number of benzene rings is 2. The molecule has 1 atom stereocenters. The van der Waals surface area contributed by atoms with Crippen LogP contribution < -0.4 is 20.1 Å². The van der Waals surface area contributed by atoms with E-state index in [1.54, 1.807) is 24.3 Å². The molecule has 1 aliphatic heterocycles. The third kappa shape index (κ3) is 4.70. The molecule has 0 fully saturated rings. The summed E-state index contributed by atoms with van der Waals surface area (Å²) in [6.07, 6.45) is 0. The van der Waals surface area contributed by atoms with E-state index in [1.807, 2.05) is 25.1 Å². The van der Waals surface area contributed by atoms with Gasteiger partial charge in [0.1, 0.15) is 13.2 Å². The van der Waals surface area contributed by atoms with Crippen LogP contribution in [-0.2, 0) is 9.59 Å². The van der Waals surface area contributed by atoms with Crippen molar-refractivity contribution < 1.29 is 19.1 Å². The Bertz CT molecular complexity index is 808. The maximum absolute atomic E-state index is 12.4. The van der Waals surface area contributed by atoms with Gasteiger partial charge in [-0.15, -0.1) is 11.8 Å². The summed E-state index contributed by atoms with van der Waals surface area (Å²) in [6.45, 7) is 4.39. The van der Waals surface area contributed by atoms with Crippen molar-refractivity contribution in [3.05, 3.63) is 42.5 Å². The molecule has 2 amide bonds. The standard InChI is InChI=1S/C19H20N2O4S/c1-12(26-16-7-8-17-18(11-16)25-10-9-24-17)19(23)21-15-5-3-14(4-6-15)20-13(2)22/h3-8,11-12H,9-10H2,1-2H3,(H,20,22)(H,21,23)/t12-/m1/s1. The van der Waals surface area contributed by atoms with Gasteiger partial charge in [0, 0.05) is 23.2 Å². The second-order valence-corrected chi connectivity index (χ2v) is 7.23. The zero-order valence-electron chi connectivity index (χ0n) is 14.6. The summed E-state index contributed by atoms with van der Waals surface area (Å²) in [7, 11) is 0. The van der Waals surface area contributed by atoms with E-state index < -0.39 is 0 Å². The first-order valence-corrected chi connectivity index (χ1v) is 9.14. The Labute approximate surface area is 156 Å². The minimum atomic E-state index is -0.285. The summed E-state index contributed by atoms with van der Waals surface area (Å²) in [5, 5.41) is 5.28. The Morgan fingerprint density at radius 3 is 2.23 bits per heavy atom. The summed E-state index contributed by atoms with van der Waals surface area (Å²) in [4.78, 5) is 24.4. The maximum atomic E-state index is 12.4. The van der Waals surface area contributed by atoms with Gasteiger partial charge in [-0.25, -0.2) is 0 Å². The lowest BCUT2D eigenvalue weighted by atomic mass is 10.2. The molecule has 1 heterocycles. The van der Waals surface area contributed by atoms with E-state index in [-0.39, 0.29) is 17.1 Å². The Morgan fingerprint density at radius 1 is 0.962 bits per heavy atom. The second-order valence-electron chi connectivity index (χ2n) is 5.81. The summed E-state index contributed by atoms with van der Waals surface area (Å²) in [5.41, 5.74) is 1.37. The average Bonchev–Trinajstić information content (AvgIpc) is 2.62. The fourth-order valence-electron chi connectivity index (χ4n) is 2.44. The lowest BCUT2D eigenvalue weighted by Crippen LogP contribution is -2.22. The number of ether oxygens (including phenoxy) is 2. The lowest BCUT2D eigenvalue weighted by Gasteiger charge is -2.19. The Balaban J connectivity index is 1.58. The molecule has 2 aromatic carbocycles. The highest BCUT2D eigenvalue weighted by atomic mass is 32.2. The van der Waals surface area contributed by atoms with Crippen LogP contribution in [0.4, 0.5) is 11.4 Å². The predicted molar refractivity (Wildman–Crippen MR) is 102 cm³/mol. The fraction of sp³-hybridized carbons (Fsp3) is 0.263. The van der Waals surface area contributed by atoms with Crippen molar-refractivity contribution in [2.75, 3.05) is 23.8 Å². The molecular weight excluding hydrogens is 352 g/mol. The van der Waals surface area contributed by atoms with E-state index in [9.17, 15) is 9.59 Å². The molecule has 136 valence electrons. The highest BCUT2D eigenvalue weighted by molar-refractivity contribution is 8.00. The zero-order chi connectivity index (χ0) is 18.5. The average molecular weight is 372 g/mol. The van der Waals surface area contributed by atoms with Crippen LogP contribution in [0.5, 0.6) is 11.5 Å². The Hall–Kier alpha value is -2.67. The van der Waals surface area contributed by atoms with Crippen molar-refractivity contribution in [1.29, 1.82) is 0 Å². The first kappa shape index (κ1) is 18.1. The highest BCUT2D eigenvalue weighted by Crippen LogP contribution is 2.35. The molecule has 2 N–H and O–H groups in total. The molecular formula is C19H20N2O4S. The van der Waals surface area contributed by atoms with E-state index in [0.29, 0.717) is 30.3 Å². The van der Waals surface area contributed by atoms with Gasteiger partial charge in [0.2, 0.25) is 11.8 Å². The third-order valence-electron chi connectivity index (χ3n) is 3.67. The van der Waals surface area contributed by atoms with Gasteiger partial charge >= 0.3 is 0 Å². The number of fused-ring (bicyclic) bond motifs is 1. The quantitative estimate of drug-likeness (QED) is 0.785.